The van der Waals surface area contributed by atoms with Gasteiger partial charge in [0, 0.05) is 17.3 Å². The SMILES string of the molecule is CC(C)Nc1ccccc1C(=N)N.Cl. The second-order valence-electron chi connectivity index (χ2n) is 3.26. The molecule has 1 aromatic carbocycles. The second kappa shape index (κ2) is 5.50. The molecule has 14 heavy (non-hydrogen) atoms. The number of rotatable bonds is 3. The van der Waals surface area contributed by atoms with E-state index in [0.717, 1.165) is 11.3 Å². The first-order chi connectivity index (χ1) is 6.11. The lowest BCUT2D eigenvalue weighted by Gasteiger charge is -2.13. The van der Waals surface area contributed by atoms with Crippen molar-refractivity contribution in [3.05, 3.63) is 29.8 Å². The standard InChI is InChI=1S/C10H15N3.ClH/c1-7(2)13-9-6-4-3-5-8(9)10(11)12;/h3-7,13H,1-2H3,(H3,11,12);1H. The van der Waals surface area contributed by atoms with Gasteiger partial charge in [0.15, 0.2) is 0 Å². The number of hydrogen-bond acceptors (Lipinski definition) is 2. The van der Waals surface area contributed by atoms with Crippen LogP contribution in [0.15, 0.2) is 24.3 Å². The van der Waals surface area contributed by atoms with Crippen LogP contribution < -0.4 is 11.1 Å². The number of nitrogens with two attached hydrogens (primary N) is 1. The van der Waals surface area contributed by atoms with E-state index in [2.05, 4.69) is 19.2 Å². The minimum absolute atomic E-state index is 0. The number of anilines is 1. The number of hydrogen-bond donors (Lipinski definition) is 3. The van der Waals surface area contributed by atoms with Crippen LogP contribution in [-0.4, -0.2) is 11.9 Å². The summed E-state index contributed by atoms with van der Waals surface area (Å²) in [4.78, 5) is 0. The van der Waals surface area contributed by atoms with Crippen molar-refractivity contribution in [2.45, 2.75) is 19.9 Å². The molecule has 0 saturated carbocycles. The topological polar surface area (TPSA) is 61.9 Å². The van der Waals surface area contributed by atoms with E-state index >= 15 is 0 Å². The molecule has 0 aliphatic rings. The van der Waals surface area contributed by atoms with Crippen LogP contribution in [0, 0.1) is 5.41 Å². The number of nitrogen functional groups attached to an aromatic ring is 1. The summed E-state index contributed by atoms with van der Waals surface area (Å²) >= 11 is 0. The Morgan fingerprint density at radius 3 is 2.43 bits per heavy atom. The van der Waals surface area contributed by atoms with Gasteiger partial charge in [0.25, 0.3) is 0 Å². The molecule has 4 N–H and O–H groups in total. The van der Waals surface area contributed by atoms with Crippen LogP contribution in [0.3, 0.4) is 0 Å². The highest BCUT2D eigenvalue weighted by Gasteiger charge is 2.04. The van der Waals surface area contributed by atoms with Gasteiger partial charge in [-0.25, -0.2) is 0 Å². The Morgan fingerprint density at radius 1 is 1.36 bits per heavy atom. The Morgan fingerprint density at radius 2 is 1.93 bits per heavy atom. The van der Waals surface area contributed by atoms with Gasteiger partial charge in [-0.2, -0.15) is 0 Å². The highest BCUT2D eigenvalue weighted by atomic mass is 35.5. The van der Waals surface area contributed by atoms with Crippen molar-refractivity contribution < 1.29 is 0 Å². The summed E-state index contributed by atoms with van der Waals surface area (Å²) in [7, 11) is 0. The summed E-state index contributed by atoms with van der Waals surface area (Å²) in [5.41, 5.74) is 7.12. The van der Waals surface area contributed by atoms with Crippen molar-refractivity contribution in [3.8, 4) is 0 Å². The van der Waals surface area contributed by atoms with Gasteiger partial charge in [-0.3, -0.25) is 5.41 Å². The maximum Gasteiger partial charge on any atom is 0.124 e. The lowest BCUT2D eigenvalue weighted by molar-refractivity contribution is 0.899. The normalized spacial score (nSPS) is 9.36. The van der Waals surface area contributed by atoms with Gasteiger partial charge in [-0.1, -0.05) is 12.1 Å². The third kappa shape index (κ3) is 3.26. The predicted molar refractivity (Wildman–Crippen MR) is 63.5 cm³/mol. The first-order valence-corrected chi connectivity index (χ1v) is 4.31. The summed E-state index contributed by atoms with van der Waals surface area (Å²) in [5, 5.41) is 10.6. The highest BCUT2D eigenvalue weighted by molar-refractivity contribution is 6.00. The van der Waals surface area contributed by atoms with Crippen molar-refractivity contribution >= 4 is 23.9 Å². The molecule has 1 rings (SSSR count). The van der Waals surface area contributed by atoms with Crippen molar-refractivity contribution in [3.63, 3.8) is 0 Å². The van der Waals surface area contributed by atoms with Gasteiger partial charge in [-0.15, -0.1) is 12.4 Å². The average Bonchev–Trinajstić information content (AvgIpc) is 2.03. The summed E-state index contributed by atoms with van der Waals surface area (Å²) in [5.74, 6) is 0.101. The predicted octanol–water partition coefficient (Wildman–Crippen LogP) is 2.21. The molecule has 0 spiro atoms. The Kier molecular flexibility index (Phi) is 5.02. The van der Waals surface area contributed by atoms with Crippen LogP contribution in [0.25, 0.3) is 0 Å². The van der Waals surface area contributed by atoms with E-state index in [0.29, 0.717) is 6.04 Å². The van der Waals surface area contributed by atoms with Crippen LogP contribution in [0.2, 0.25) is 0 Å². The molecular weight excluding hydrogens is 198 g/mol. The van der Waals surface area contributed by atoms with E-state index in [1.54, 1.807) is 0 Å². The molecule has 0 amide bonds. The fourth-order valence-corrected chi connectivity index (χ4v) is 1.15. The third-order valence-electron chi connectivity index (χ3n) is 1.66. The Labute approximate surface area is 90.6 Å². The van der Waals surface area contributed by atoms with E-state index in [1.165, 1.54) is 0 Å². The number of amidine groups is 1. The van der Waals surface area contributed by atoms with Crippen molar-refractivity contribution in [2.75, 3.05) is 5.32 Å². The summed E-state index contributed by atoms with van der Waals surface area (Å²) in [6.45, 7) is 4.10. The van der Waals surface area contributed by atoms with Gasteiger partial charge in [0.1, 0.15) is 5.84 Å². The molecule has 1 aromatic rings. The van der Waals surface area contributed by atoms with E-state index < -0.39 is 0 Å². The monoisotopic (exact) mass is 213 g/mol. The molecule has 3 nitrogen and oxygen atoms in total. The van der Waals surface area contributed by atoms with Crippen LogP contribution >= 0.6 is 12.4 Å². The fraction of sp³-hybridized carbons (Fsp3) is 0.300. The third-order valence-corrected chi connectivity index (χ3v) is 1.66. The molecule has 0 aliphatic carbocycles. The number of halogens is 1. The Balaban J connectivity index is 0.00000169. The van der Waals surface area contributed by atoms with E-state index in [-0.39, 0.29) is 18.2 Å². The largest absolute Gasteiger partial charge is 0.384 e. The molecule has 0 fully saturated rings. The average molecular weight is 214 g/mol. The van der Waals surface area contributed by atoms with Gasteiger partial charge < -0.3 is 11.1 Å². The number of para-hydroxylation sites is 1. The van der Waals surface area contributed by atoms with E-state index in [4.69, 9.17) is 11.1 Å². The Bertz CT molecular complexity index is 310. The van der Waals surface area contributed by atoms with Crippen LogP contribution in [0.4, 0.5) is 5.69 Å². The lowest BCUT2D eigenvalue weighted by atomic mass is 10.1. The maximum absolute atomic E-state index is 7.36. The zero-order valence-corrected chi connectivity index (χ0v) is 9.19. The zero-order valence-electron chi connectivity index (χ0n) is 8.37. The molecule has 0 saturated heterocycles. The quantitative estimate of drug-likeness (QED) is 0.533. The van der Waals surface area contributed by atoms with E-state index in [1.807, 2.05) is 24.3 Å². The molecule has 0 unspecified atom stereocenters. The minimum atomic E-state index is 0. The first-order valence-electron chi connectivity index (χ1n) is 4.31. The van der Waals surface area contributed by atoms with Crippen LogP contribution in [0.1, 0.15) is 19.4 Å². The number of benzene rings is 1. The molecule has 0 atom stereocenters. The van der Waals surface area contributed by atoms with Crippen molar-refractivity contribution in [1.82, 2.24) is 0 Å². The van der Waals surface area contributed by atoms with Gasteiger partial charge >= 0.3 is 0 Å². The highest BCUT2D eigenvalue weighted by Crippen LogP contribution is 2.14. The van der Waals surface area contributed by atoms with Gasteiger partial charge in [0.05, 0.1) is 0 Å². The summed E-state index contributed by atoms with van der Waals surface area (Å²) < 4.78 is 0. The zero-order chi connectivity index (χ0) is 9.84. The van der Waals surface area contributed by atoms with Crippen molar-refractivity contribution in [2.24, 2.45) is 5.73 Å². The molecule has 0 aliphatic heterocycles. The molecule has 4 heteroatoms. The van der Waals surface area contributed by atoms with Crippen LogP contribution in [-0.2, 0) is 0 Å². The lowest BCUT2D eigenvalue weighted by Crippen LogP contribution is -2.17. The maximum atomic E-state index is 7.36. The Hall–Kier alpha value is -1.22. The molecule has 0 radical (unpaired) electrons. The fourth-order valence-electron chi connectivity index (χ4n) is 1.15. The van der Waals surface area contributed by atoms with Gasteiger partial charge in [-0.05, 0) is 26.0 Å². The molecule has 78 valence electrons. The molecule has 0 aromatic heterocycles. The van der Waals surface area contributed by atoms with E-state index in [9.17, 15) is 0 Å². The second-order valence-corrected chi connectivity index (χ2v) is 3.26. The van der Waals surface area contributed by atoms with Crippen molar-refractivity contribution in [1.29, 1.82) is 5.41 Å². The molecule has 0 bridgehead atoms. The molecule has 0 heterocycles. The first kappa shape index (κ1) is 12.8. The van der Waals surface area contributed by atoms with Gasteiger partial charge in [0.2, 0.25) is 0 Å². The minimum Gasteiger partial charge on any atom is -0.384 e. The van der Waals surface area contributed by atoms with Crippen LogP contribution in [0.5, 0.6) is 0 Å². The smallest absolute Gasteiger partial charge is 0.124 e. The molecular formula is C10H16ClN3. The summed E-state index contributed by atoms with van der Waals surface area (Å²) in [6, 6.07) is 7.92. The summed E-state index contributed by atoms with van der Waals surface area (Å²) in [6.07, 6.45) is 0. The number of nitrogens with one attached hydrogen (secondary N) is 2.